The molecule has 0 atom stereocenters. The molecule has 0 saturated heterocycles. The fourth-order valence-corrected chi connectivity index (χ4v) is 3.43. The number of hydrogen-bond donors (Lipinski definition) is 2. The maximum Gasteiger partial charge on any atom is 0.322 e. The number of benzene rings is 2. The average molecular weight is 417 g/mol. The summed E-state index contributed by atoms with van der Waals surface area (Å²) in [6.45, 7) is 2.31. The minimum atomic E-state index is -0.371. The monoisotopic (exact) mass is 417 g/mol. The zero-order valence-corrected chi connectivity index (χ0v) is 17.3. The summed E-state index contributed by atoms with van der Waals surface area (Å²) in [6.07, 6.45) is 1.55. The Balaban J connectivity index is 1.65. The number of anilines is 1. The number of hydrogen-bond acceptors (Lipinski definition) is 4. The van der Waals surface area contributed by atoms with Crippen molar-refractivity contribution < 1.29 is 13.9 Å². The van der Waals surface area contributed by atoms with Crippen molar-refractivity contribution in [3.05, 3.63) is 94.2 Å². The number of amides is 2. The number of aryl methyl sites for hydroxylation is 1. The molecule has 2 aromatic carbocycles. The molecule has 0 fully saturated rings. The van der Waals surface area contributed by atoms with E-state index in [1.165, 1.54) is 4.90 Å². The first-order chi connectivity index (χ1) is 15.0. The molecule has 4 aromatic rings. The number of rotatable bonds is 6. The van der Waals surface area contributed by atoms with Gasteiger partial charge in [-0.1, -0.05) is 23.8 Å². The van der Waals surface area contributed by atoms with Crippen LogP contribution in [0.15, 0.2) is 76.1 Å². The second kappa shape index (κ2) is 8.79. The van der Waals surface area contributed by atoms with Crippen LogP contribution >= 0.6 is 0 Å². The van der Waals surface area contributed by atoms with Gasteiger partial charge in [0.1, 0.15) is 11.5 Å². The molecule has 0 unspecified atom stereocenters. The van der Waals surface area contributed by atoms with Crippen molar-refractivity contribution >= 4 is 22.6 Å². The number of aromatic amines is 1. The molecule has 7 nitrogen and oxygen atoms in total. The molecule has 2 amide bonds. The first kappa shape index (κ1) is 20.3. The summed E-state index contributed by atoms with van der Waals surface area (Å²) in [6, 6.07) is 18.0. The van der Waals surface area contributed by atoms with E-state index < -0.39 is 0 Å². The predicted octanol–water partition coefficient (Wildman–Crippen LogP) is 4.67. The van der Waals surface area contributed by atoms with Gasteiger partial charge in [-0.25, -0.2) is 4.79 Å². The van der Waals surface area contributed by atoms with Gasteiger partial charge in [0, 0.05) is 11.1 Å². The summed E-state index contributed by atoms with van der Waals surface area (Å²) < 4.78 is 10.8. The highest BCUT2D eigenvalue weighted by Gasteiger charge is 2.19. The molecule has 0 saturated carbocycles. The topological polar surface area (TPSA) is 87.6 Å². The molecule has 31 heavy (non-hydrogen) atoms. The van der Waals surface area contributed by atoms with E-state index in [9.17, 15) is 9.59 Å². The molecule has 0 aliphatic rings. The molecule has 0 spiro atoms. The number of H-pyrrole nitrogens is 1. The summed E-state index contributed by atoms with van der Waals surface area (Å²) in [5.74, 6) is 1.16. The Morgan fingerprint density at radius 3 is 2.71 bits per heavy atom. The van der Waals surface area contributed by atoms with Crippen molar-refractivity contribution in [2.75, 3.05) is 12.4 Å². The van der Waals surface area contributed by atoms with Crippen LogP contribution < -0.4 is 15.6 Å². The number of pyridine rings is 1. The molecule has 0 aliphatic heterocycles. The lowest BCUT2D eigenvalue weighted by Crippen LogP contribution is -2.35. The van der Waals surface area contributed by atoms with Crippen molar-refractivity contribution in [2.45, 2.75) is 20.0 Å². The summed E-state index contributed by atoms with van der Waals surface area (Å²) in [5.41, 5.74) is 2.65. The SMILES string of the molecule is COc1ccccc1NC(=O)N(Cc1ccco1)Cc1cc2cc(C)ccc2[nH]c1=O. The van der Waals surface area contributed by atoms with Crippen LogP contribution in [0, 0.1) is 6.92 Å². The second-order valence-electron chi connectivity index (χ2n) is 7.28. The van der Waals surface area contributed by atoms with Gasteiger partial charge in [-0.2, -0.15) is 0 Å². The van der Waals surface area contributed by atoms with E-state index >= 15 is 0 Å². The van der Waals surface area contributed by atoms with E-state index in [-0.39, 0.29) is 24.7 Å². The van der Waals surface area contributed by atoms with Gasteiger partial charge >= 0.3 is 6.03 Å². The molecule has 2 aromatic heterocycles. The normalized spacial score (nSPS) is 10.8. The molecule has 0 radical (unpaired) electrons. The third-order valence-electron chi connectivity index (χ3n) is 5.00. The number of aromatic nitrogens is 1. The van der Waals surface area contributed by atoms with E-state index in [4.69, 9.17) is 9.15 Å². The number of ether oxygens (including phenoxy) is 1. The van der Waals surface area contributed by atoms with E-state index in [1.807, 2.05) is 43.3 Å². The van der Waals surface area contributed by atoms with E-state index in [1.54, 1.807) is 37.6 Å². The quantitative estimate of drug-likeness (QED) is 0.477. The molecular formula is C24H23N3O4. The van der Waals surface area contributed by atoms with Crippen molar-refractivity contribution in [1.82, 2.24) is 9.88 Å². The Morgan fingerprint density at radius 1 is 1.10 bits per heavy atom. The van der Waals surface area contributed by atoms with Crippen molar-refractivity contribution in [1.29, 1.82) is 0 Å². The molecular weight excluding hydrogens is 394 g/mol. The third kappa shape index (κ3) is 4.61. The summed E-state index contributed by atoms with van der Waals surface area (Å²) in [7, 11) is 1.54. The van der Waals surface area contributed by atoms with E-state index in [2.05, 4.69) is 10.3 Å². The molecule has 0 bridgehead atoms. The summed E-state index contributed by atoms with van der Waals surface area (Å²) >= 11 is 0. The average Bonchev–Trinajstić information content (AvgIpc) is 3.27. The van der Waals surface area contributed by atoms with Crippen LogP contribution in [0.1, 0.15) is 16.9 Å². The minimum Gasteiger partial charge on any atom is -0.495 e. The van der Waals surface area contributed by atoms with E-state index in [0.29, 0.717) is 22.8 Å². The van der Waals surface area contributed by atoms with Crippen LogP contribution in [0.3, 0.4) is 0 Å². The largest absolute Gasteiger partial charge is 0.495 e. The van der Waals surface area contributed by atoms with Crippen LogP contribution in [0.25, 0.3) is 10.9 Å². The summed E-state index contributed by atoms with van der Waals surface area (Å²) in [5, 5.41) is 3.78. The standard InChI is InChI=1S/C24H23N3O4/c1-16-9-10-20-17(12-16)13-18(23(28)25-20)14-27(15-19-6-5-11-31-19)24(29)26-21-7-3-4-8-22(21)30-2/h3-13H,14-15H2,1-2H3,(H,25,28)(H,26,29). The summed E-state index contributed by atoms with van der Waals surface area (Å²) in [4.78, 5) is 30.3. The van der Waals surface area contributed by atoms with Gasteiger partial charge in [-0.05, 0) is 54.8 Å². The van der Waals surface area contributed by atoms with E-state index in [0.717, 1.165) is 16.5 Å². The Kier molecular flexibility index (Phi) is 5.75. The Bertz CT molecular complexity index is 1260. The number of fused-ring (bicyclic) bond motifs is 1. The number of urea groups is 1. The number of nitrogens with one attached hydrogen (secondary N) is 2. The number of furan rings is 1. The number of carbonyl (C=O) groups excluding carboxylic acids is 1. The Morgan fingerprint density at radius 2 is 1.94 bits per heavy atom. The lowest BCUT2D eigenvalue weighted by Gasteiger charge is -2.23. The van der Waals surface area contributed by atoms with Gasteiger partial charge in [0.2, 0.25) is 0 Å². The minimum absolute atomic E-state index is 0.112. The van der Waals surface area contributed by atoms with Crippen molar-refractivity contribution in [3.63, 3.8) is 0 Å². The maximum atomic E-state index is 13.1. The zero-order chi connectivity index (χ0) is 21.8. The van der Waals surface area contributed by atoms with Crippen LogP contribution in [-0.2, 0) is 13.1 Å². The second-order valence-corrected chi connectivity index (χ2v) is 7.28. The molecule has 2 N–H and O–H groups in total. The molecule has 2 heterocycles. The highest BCUT2D eigenvalue weighted by Crippen LogP contribution is 2.24. The highest BCUT2D eigenvalue weighted by molar-refractivity contribution is 5.91. The van der Waals surface area contributed by atoms with Gasteiger partial charge in [0.25, 0.3) is 5.56 Å². The number of nitrogens with zero attached hydrogens (tertiary/aromatic N) is 1. The highest BCUT2D eigenvalue weighted by atomic mass is 16.5. The van der Waals surface area contributed by atoms with Gasteiger partial charge in [-0.15, -0.1) is 0 Å². The molecule has 0 aliphatic carbocycles. The lowest BCUT2D eigenvalue weighted by molar-refractivity contribution is 0.201. The molecule has 158 valence electrons. The van der Waals surface area contributed by atoms with Gasteiger partial charge < -0.3 is 24.4 Å². The number of para-hydroxylation sites is 2. The Hall–Kier alpha value is -4.00. The van der Waals surface area contributed by atoms with Gasteiger partial charge in [-0.3, -0.25) is 4.79 Å². The van der Waals surface area contributed by atoms with Gasteiger partial charge in [0.05, 0.1) is 32.1 Å². The van der Waals surface area contributed by atoms with Crippen molar-refractivity contribution in [3.8, 4) is 5.75 Å². The molecule has 7 heteroatoms. The van der Waals surface area contributed by atoms with Crippen LogP contribution in [0.5, 0.6) is 5.75 Å². The fraction of sp³-hybridized carbons (Fsp3) is 0.167. The van der Waals surface area contributed by atoms with Gasteiger partial charge in [0.15, 0.2) is 0 Å². The number of methoxy groups -OCH3 is 1. The smallest absolute Gasteiger partial charge is 0.322 e. The zero-order valence-electron chi connectivity index (χ0n) is 17.3. The van der Waals surface area contributed by atoms with Crippen LogP contribution in [0.4, 0.5) is 10.5 Å². The maximum absolute atomic E-state index is 13.1. The fourth-order valence-electron chi connectivity index (χ4n) is 3.43. The third-order valence-corrected chi connectivity index (χ3v) is 5.00. The van der Waals surface area contributed by atoms with Crippen LogP contribution in [0.2, 0.25) is 0 Å². The number of carbonyl (C=O) groups is 1. The predicted molar refractivity (Wildman–Crippen MR) is 119 cm³/mol. The first-order valence-electron chi connectivity index (χ1n) is 9.87. The molecule has 4 rings (SSSR count). The van der Waals surface area contributed by atoms with Crippen LogP contribution in [-0.4, -0.2) is 23.0 Å². The Labute approximate surface area is 179 Å². The first-order valence-corrected chi connectivity index (χ1v) is 9.87. The van der Waals surface area contributed by atoms with Crippen molar-refractivity contribution in [2.24, 2.45) is 0 Å². The lowest BCUT2D eigenvalue weighted by atomic mass is 10.1.